The first-order chi connectivity index (χ1) is 8.99. The number of anilines is 1. The van der Waals surface area contributed by atoms with Crippen molar-refractivity contribution in [1.82, 2.24) is 20.1 Å². The summed E-state index contributed by atoms with van der Waals surface area (Å²) in [7, 11) is 0. The molecule has 0 saturated carbocycles. The number of hydrogen-bond donors (Lipinski definition) is 3. The number of nitrogen functional groups attached to an aromatic ring is 1. The van der Waals surface area contributed by atoms with Gasteiger partial charge < -0.3 is 15.6 Å². The van der Waals surface area contributed by atoms with Crippen molar-refractivity contribution in [3.05, 3.63) is 34.7 Å². The van der Waals surface area contributed by atoms with Crippen molar-refractivity contribution in [2.75, 3.05) is 5.73 Å². The number of nitrogens with two attached hydrogens (primary N) is 1. The molecule has 0 saturated heterocycles. The van der Waals surface area contributed by atoms with Crippen LogP contribution in [0, 0.1) is 0 Å². The lowest BCUT2D eigenvalue weighted by atomic mass is 10.3. The molecule has 0 unspecified atom stereocenters. The summed E-state index contributed by atoms with van der Waals surface area (Å²) < 4.78 is 1.83. The molecule has 0 radical (unpaired) electrons. The minimum Gasteiger partial charge on any atom is -0.384 e. The van der Waals surface area contributed by atoms with Gasteiger partial charge in [0.05, 0.1) is 11.2 Å². The van der Waals surface area contributed by atoms with Crippen molar-refractivity contribution in [3.8, 4) is 0 Å². The van der Waals surface area contributed by atoms with Gasteiger partial charge in [-0.2, -0.15) is 5.10 Å². The third kappa shape index (κ3) is 2.90. The van der Waals surface area contributed by atoms with Gasteiger partial charge >= 0.3 is 0 Å². The van der Waals surface area contributed by atoms with E-state index >= 15 is 0 Å². The third-order valence-electron chi connectivity index (χ3n) is 2.79. The zero-order valence-electron chi connectivity index (χ0n) is 10.8. The number of halogens is 1. The molecular formula is C12H16ClN5O. The molecule has 6 nitrogen and oxygen atoms in total. The Labute approximate surface area is 115 Å². The van der Waals surface area contributed by atoms with Crippen LogP contribution in [0.4, 0.5) is 5.82 Å². The maximum absolute atomic E-state index is 12.1. The number of amides is 1. The normalized spacial score (nSPS) is 10.9. The minimum atomic E-state index is -0.193. The summed E-state index contributed by atoms with van der Waals surface area (Å²) in [5.41, 5.74) is 6.93. The summed E-state index contributed by atoms with van der Waals surface area (Å²) in [5.74, 6) is 0.263. The van der Waals surface area contributed by atoms with Gasteiger partial charge in [-0.25, -0.2) is 0 Å². The van der Waals surface area contributed by atoms with Gasteiger partial charge in [-0.05, 0) is 19.9 Å². The van der Waals surface area contributed by atoms with Crippen LogP contribution in [0.2, 0.25) is 5.02 Å². The fourth-order valence-corrected chi connectivity index (χ4v) is 1.99. The lowest BCUT2D eigenvalue weighted by Crippen LogP contribution is -2.26. The van der Waals surface area contributed by atoms with E-state index in [0.29, 0.717) is 23.1 Å². The molecule has 0 spiro atoms. The molecule has 2 aromatic rings. The first-order valence-corrected chi connectivity index (χ1v) is 6.30. The van der Waals surface area contributed by atoms with E-state index in [4.69, 9.17) is 17.3 Å². The first kappa shape index (κ1) is 13.5. The number of rotatable bonds is 4. The summed E-state index contributed by atoms with van der Waals surface area (Å²) in [6.45, 7) is 4.30. The second-order valence-corrected chi connectivity index (χ2v) is 4.97. The van der Waals surface area contributed by atoms with Gasteiger partial charge in [-0.3, -0.25) is 9.89 Å². The summed E-state index contributed by atoms with van der Waals surface area (Å²) in [5, 5.41) is 9.75. The summed E-state index contributed by atoms with van der Waals surface area (Å²) in [6.07, 6.45) is 3.33. The Morgan fingerprint density at radius 3 is 2.95 bits per heavy atom. The maximum atomic E-state index is 12.1. The minimum absolute atomic E-state index is 0.159. The van der Waals surface area contributed by atoms with E-state index in [1.54, 1.807) is 18.5 Å². The quantitative estimate of drug-likeness (QED) is 0.800. The van der Waals surface area contributed by atoms with Gasteiger partial charge in [0.15, 0.2) is 0 Å². The van der Waals surface area contributed by atoms with Gasteiger partial charge in [0.2, 0.25) is 0 Å². The molecule has 1 amide bonds. The molecule has 2 heterocycles. The second-order valence-electron chi connectivity index (χ2n) is 4.54. The average molecular weight is 282 g/mol. The highest BCUT2D eigenvalue weighted by Crippen LogP contribution is 2.19. The Hall–Kier alpha value is -1.95. The van der Waals surface area contributed by atoms with Crippen molar-refractivity contribution < 1.29 is 4.79 Å². The first-order valence-electron chi connectivity index (χ1n) is 5.92. The van der Waals surface area contributed by atoms with Crippen molar-refractivity contribution in [1.29, 1.82) is 0 Å². The third-order valence-corrected chi connectivity index (χ3v) is 3.00. The molecule has 2 aromatic heterocycles. The number of hydrogen-bond acceptors (Lipinski definition) is 3. The number of aromatic amines is 1. The number of carbonyl (C=O) groups excluding carboxylic acids is 1. The van der Waals surface area contributed by atoms with E-state index < -0.39 is 0 Å². The highest BCUT2D eigenvalue weighted by atomic mass is 35.5. The van der Waals surface area contributed by atoms with Crippen LogP contribution in [0.25, 0.3) is 0 Å². The number of carbonyl (C=O) groups is 1. The van der Waals surface area contributed by atoms with Crippen molar-refractivity contribution in [2.45, 2.75) is 26.4 Å². The van der Waals surface area contributed by atoms with Crippen LogP contribution in [0.5, 0.6) is 0 Å². The molecule has 102 valence electrons. The summed E-state index contributed by atoms with van der Waals surface area (Å²) in [4.78, 5) is 12.1. The van der Waals surface area contributed by atoms with Crippen LogP contribution in [-0.4, -0.2) is 20.7 Å². The lowest BCUT2D eigenvalue weighted by Gasteiger charge is -2.12. The standard InChI is InChI=1S/C12H16ClN5O/c1-7(2)18-6-9(13)3-10(18)12(19)15-4-8-5-16-17-11(8)14/h3,5-7H,4H2,1-2H3,(H,15,19)(H3,14,16,17). The molecule has 0 aromatic carbocycles. The van der Waals surface area contributed by atoms with Crippen LogP contribution >= 0.6 is 11.6 Å². The van der Waals surface area contributed by atoms with Gasteiger partial charge in [-0.15, -0.1) is 0 Å². The van der Waals surface area contributed by atoms with Crippen LogP contribution in [0.15, 0.2) is 18.5 Å². The van der Waals surface area contributed by atoms with Crippen LogP contribution in [0.1, 0.15) is 35.9 Å². The van der Waals surface area contributed by atoms with Crippen LogP contribution < -0.4 is 11.1 Å². The van der Waals surface area contributed by atoms with E-state index in [9.17, 15) is 4.79 Å². The maximum Gasteiger partial charge on any atom is 0.268 e. The van der Waals surface area contributed by atoms with E-state index in [-0.39, 0.29) is 11.9 Å². The molecule has 0 bridgehead atoms. The highest BCUT2D eigenvalue weighted by Gasteiger charge is 2.15. The Morgan fingerprint density at radius 1 is 1.63 bits per heavy atom. The van der Waals surface area contributed by atoms with Gasteiger partial charge in [-0.1, -0.05) is 11.6 Å². The Bertz CT molecular complexity index is 587. The summed E-state index contributed by atoms with van der Waals surface area (Å²) in [6, 6.07) is 1.81. The monoisotopic (exact) mass is 281 g/mol. The molecule has 0 aliphatic rings. The zero-order valence-corrected chi connectivity index (χ0v) is 11.5. The fourth-order valence-electron chi connectivity index (χ4n) is 1.78. The van der Waals surface area contributed by atoms with Gasteiger partial charge in [0.1, 0.15) is 11.5 Å². The van der Waals surface area contributed by atoms with Crippen molar-refractivity contribution in [2.24, 2.45) is 0 Å². The molecule has 0 aliphatic carbocycles. The molecule has 0 fully saturated rings. The Morgan fingerprint density at radius 2 is 2.37 bits per heavy atom. The Balaban J connectivity index is 2.10. The van der Waals surface area contributed by atoms with E-state index in [1.807, 2.05) is 18.4 Å². The predicted octanol–water partition coefficient (Wildman–Crippen LogP) is 1.96. The second kappa shape index (κ2) is 5.36. The molecule has 7 heteroatoms. The number of aromatic nitrogens is 3. The molecule has 0 atom stereocenters. The molecule has 4 N–H and O–H groups in total. The van der Waals surface area contributed by atoms with Gasteiger partial charge in [0, 0.05) is 24.3 Å². The SMILES string of the molecule is CC(C)n1cc(Cl)cc1C(=O)NCc1cn[nH]c1N. The zero-order chi connectivity index (χ0) is 14.0. The average Bonchev–Trinajstić information content (AvgIpc) is 2.92. The van der Waals surface area contributed by atoms with E-state index in [2.05, 4.69) is 15.5 Å². The van der Waals surface area contributed by atoms with E-state index in [1.165, 1.54) is 0 Å². The molecular weight excluding hydrogens is 266 g/mol. The van der Waals surface area contributed by atoms with Crippen molar-refractivity contribution >= 4 is 23.3 Å². The van der Waals surface area contributed by atoms with Gasteiger partial charge in [0.25, 0.3) is 5.91 Å². The molecule has 19 heavy (non-hydrogen) atoms. The Kier molecular flexibility index (Phi) is 3.80. The molecule has 0 aliphatic heterocycles. The smallest absolute Gasteiger partial charge is 0.268 e. The number of nitrogens with one attached hydrogen (secondary N) is 2. The van der Waals surface area contributed by atoms with Crippen LogP contribution in [0.3, 0.4) is 0 Å². The topological polar surface area (TPSA) is 88.7 Å². The lowest BCUT2D eigenvalue weighted by molar-refractivity contribution is 0.0940. The highest BCUT2D eigenvalue weighted by molar-refractivity contribution is 6.31. The van der Waals surface area contributed by atoms with Crippen molar-refractivity contribution in [3.63, 3.8) is 0 Å². The summed E-state index contributed by atoms with van der Waals surface area (Å²) >= 11 is 5.94. The van der Waals surface area contributed by atoms with E-state index in [0.717, 1.165) is 5.56 Å². The predicted molar refractivity (Wildman–Crippen MR) is 74.0 cm³/mol. The number of H-pyrrole nitrogens is 1. The van der Waals surface area contributed by atoms with Crippen LogP contribution in [-0.2, 0) is 6.54 Å². The fraction of sp³-hybridized carbons (Fsp3) is 0.333. The molecule has 2 rings (SSSR count). The largest absolute Gasteiger partial charge is 0.384 e. The number of nitrogens with zero attached hydrogens (tertiary/aromatic N) is 2.